The van der Waals surface area contributed by atoms with Crippen LogP contribution in [0, 0.1) is 0 Å². The first kappa shape index (κ1) is 19.5. The predicted molar refractivity (Wildman–Crippen MR) is 100 cm³/mol. The first-order valence-corrected chi connectivity index (χ1v) is 8.86. The maximum Gasteiger partial charge on any atom is 0.306 e. The van der Waals surface area contributed by atoms with Gasteiger partial charge in [-0.2, -0.15) is 0 Å². The van der Waals surface area contributed by atoms with Gasteiger partial charge in [0.1, 0.15) is 5.75 Å². The zero-order chi connectivity index (χ0) is 18.6. The summed E-state index contributed by atoms with van der Waals surface area (Å²) in [6.45, 7) is 2.76. The summed E-state index contributed by atoms with van der Waals surface area (Å²) >= 11 is 0. The number of aryl methyl sites for hydroxylation is 1. The number of para-hydroxylation sites is 1. The lowest BCUT2D eigenvalue weighted by Gasteiger charge is -2.10. The number of rotatable bonds is 10. The number of esters is 1. The summed E-state index contributed by atoms with van der Waals surface area (Å²) in [6.07, 6.45) is 1.47. The average molecular weight is 355 g/mol. The summed E-state index contributed by atoms with van der Waals surface area (Å²) in [5.74, 6) is 0.0972. The molecule has 0 aliphatic heterocycles. The molecular weight excluding hydrogens is 330 g/mol. The van der Waals surface area contributed by atoms with Crippen LogP contribution in [0.5, 0.6) is 5.75 Å². The van der Waals surface area contributed by atoms with Gasteiger partial charge in [0, 0.05) is 13.0 Å². The van der Waals surface area contributed by atoms with E-state index < -0.39 is 5.97 Å². The highest BCUT2D eigenvalue weighted by Crippen LogP contribution is 2.19. The highest BCUT2D eigenvalue weighted by Gasteiger charge is 2.10. The van der Waals surface area contributed by atoms with Crippen molar-refractivity contribution >= 4 is 11.9 Å². The minimum atomic E-state index is -0.394. The van der Waals surface area contributed by atoms with Crippen LogP contribution in [0.2, 0.25) is 0 Å². The van der Waals surface area contributed by atoms with Crippen LogP contribution in [0.25, 0.3) is 0 Å². The fourth-order valence-corrected chi connectivity index (χ4v) is 2.50. The van der Waals surface area contributed by atoms with E-state index in [0.717, 1.165) is 23.3 Å². The minimum absolute atomic E-state index is 0.210. The van der Waals surface area contributed by atoms with Gasteiger partial charge in [0.15, 0.2) is 6.61 Å². The highest BCUT2D eigenvalue weighted by molar-refractivity contribution is 5.80. The van der Waals surface area contributed by atoms with Crippen LogP contribution >= 0.6 is 0 Å². The van der Waals surface area contributed by atoms with Gasteiger partial charge in [-0.25, -0.2) is 0 Å². The van der Waals surface area contributed by atoms with Gasteiger partial charge in [0.25, 0.3) is 5.91 Å². The van der Waals surface area contributed by atoms with Crippen molar-refractivity contribution in [1.29, 1.82) is 0 Å². The van der Waals surface area contributed by atoms with Gasteiger partial charge in [0.2, 0.25) is 0 Å². The third-order valence-electron chi connectivity index (χ3n) is 3.81. The van der Waals surface area contributed by atoms with Crippen LogP contribution in [0.4, 0.5) is 0 Å². The zero-order valence-corrected chi connectivity index (χ0v) is 15.1. The van der Waals surface area contributed by atoms with Crippen molar-refractivity contribution in [1.82, 2.24) is 5.32 Å². The first-order chi connectivity index (χ1) is 12.7. The van der Waals surface area contributed by atoms with Crippen molar-refractivity contribution in [2.45, 2.75) is 26.2 Å². The lowest BCUT2D eigenvalue weighted by Crippen LogP contribution is -2.30. The van der Waals surface area contributed by atoms with E-state index in [1.807, 2.05) is 61.5 Å². The molecule has 0 atom stereocenters. The third kappa shape index (κ3) is 6.97. The molecule has 0 bridgehead atoms. The SMILES string of the molecule is CCOc1ccccc1CCC(=O)OCC(=O)NCCc1ccccc1. The van der Waals surface area contributed by atoms with Gasteiger partial charge in [-0.05, 0) is 37.0 Å². The Bertz CT molecular complexity index is 700. The van der Waals surface area contributed by atoms with Crippen LogP contribution in [0.15, 0.2) is 54.6 Å². The Hall–Kier alpha value is -2.82. The largest absolute Gasteiger partial charge is 0.494 e. The maximum absolute atomic E-state index is 11.8. The predicted octanol–water partition coefficient (Wildman–Crippen LogP) is 2.92. The maximum atomic E-state index is 11.8. The number of nitrogens with one attached hydrogen (secondary N) is 1. The number of hydrogen-bond donors (Lipinski definition) is 1. The molecule has 2 aromatic carbocycles. The Morgan fingerprint density at radius 2 is 1.69 bits per heavy atom. The van der Waals surface area contributed by atoms with E-state index >= 15 is 0 Å². The van der Waals surface area contributed by atoms with Gasteiger partial charge in [-0.1, -0.05) is 48.5 Å². The molecular formula is C21H25NO4. The summed E-state index contributed by atoms with van der Waals surface area (Å²) in [4.78, 5) is 23.6. The topological polar surface area (TPSA) is 64.6 Å². The Labute approximate surface area is 154 Å². The summed E-state index contributed by atoms with van der Waals surface area (Å²) in [6, 6.07) is 17.5. The second-order valence-electron chi connectivity index (χ2n) is 5.79. The van der Waals surface area contributed by atoms with Crippen LogP contribution in [-0.2, 0) is 27.2 Å². The summed E-state index contributed by atoms with van der Waals surface area (Å²) in [5.41, 5.74) is 2.11. The molecule has 0 aromatic heterocycles. The molecule has 0 spiro atoms. The second kappa shape index (κ2) is 10.9. The molecule has 2 aromatic rings. The van der Waals surface area contributed by atoms with E-state index in [1.54, 1.807) is 0 Å². The Morgan fingerprint density at radius 1 is 0.962 bits per heavy atom. The molecule has 0 saturated heterocycles. The molecule has 0 radical (unpaired) electrons. The van der Waals surface area contributed by atoms with Gasteiger partial charge >= 0.3 is 5.97 Å². The minimum Gasteiger partial charge on any atom is -0.494 e. The molecule has 5 heteroatoms. The second-order valence-corrected chi connectivity index (χ2v) is 5.79. The standard InChI is InChI=1S/C21H25NO4/c1-2-25-19-11-7-6-10-18(19)12-13-21(24)26-16-20(23)22-15-14-17-8-4-3-5-9-17/h3-11H,2,12-16H2,1H3,(H,22,23). The van der Waals surface area contributed by atoms with Crippen molar-refractivity contribution in [3.8, 4) is 5.75 Å². The van der Waals surface area contributed by atoms with Crippen molar-refractivity contribution in [3.05, 3.63) is 65.7 Å². The van der Waals surface area contributed by atoms with Gasteiger partial charge in [-0.3, -0.25) is 9.59 Å². The molecule has 0 aliphatic carbocycles. The summed E-state index contributed by atoms with van der Waals surface area (Å²) < 4.78 is 10.6. The normalized spacial score (nSPS) is 10.2. The first-order valence-electron chi connectivity index (χ1n) is 8.86. The van der Waals surface area contributed by atoms with Gasteiger partial charge in [0.05, 0.1) is 6.61 Å². The smallest absolute Gasteiger partial charge is 0.306 e. The fourth-order valence-electron chi connectivity index (χ4n) is 2.50. The third-order valence-corrected chi connectivity index (χ3v) is 3.81. The number of amides is 1. The van der Waals surface area contributed by atoms with Gasteiger partial charge in [-0.15, -0.1) is 0 Å². The zero-order valence-electron chi connectivity index (χ0n) is 15.1. The Balaban J connectivity index is 1.64. The van der Waals surface area contributed by atoms with Crippen molar-refractivity contribution in [3.63, 3.8) is 0 Å². The molecule has 26 heavy (non-hydrogen) atoms. The molecule has 0 heterocycles. The van der Waals surface area contributed by atoms with Crippen LogP contribution in [0.3, 0.4) is 0 Å². The average Bonchev–Trinajstić information content (AvgIpc) is 2.67. The highest BCUT2D eigenvalue weighted by atomic mass is 16.5. The quantitative estimate of drug-likeness (QED) is 0.666. The van der Waals surface area contributed by atoms with E-state index in [4.69, 9.17) is 9.47 Å². The lowest BCUT2D eigenvalue weighted by atomic mass is 10.1. The molecule has 2 rings (SSSR count). The molecule has 0 unspecified atom stereocenters. The summed E-state index contributed by atoms with van der Waals surface area (Å²) in [5, 5.41) is 2.75. The molecule has 5 nitrogen and oxygen atoms in total. The van der Waals surface area contributed by atoms with E-state index in [1.165, 1.54) is 0 Å². The molecule has 1 N–H and O–H groups in total. The Kier molecular flexibility index (Phi) is 8.19. The number of ether oxygens (including phenoxy) is 2. The van der Waals surface area contributed by atoms with E-state index in [0.29, 0.717) is 19.6 Å². The molecule has 138 valence electrons. The van der Waals surface area contributed by atoms with Gasteiger partial charge < -0.3 is 14.8 Å². The number of carbonyl (C=O) groups is 2. The lowest BCUT2D eigenvalue weighted by molar-refractivity contribution is -0.148. The monoisotopic (exact) mass is 355 g/mol. The molecule has 1 amide bonds. The van der Waals surface area contributed by atoms with Crippen molar-refractivity contribution < 1.29 is 19.1 Å². The van der Waals surface area contributed by atoms with Crippen LogP contribution in [-0.4, -0.2) is 31.6 Å². The van der Waals surface area contributed by atoms with E-state index in [9.17, 15) is 9.59 Å². The number of carbonyl (C=O) groups excluding carboxylic acids is 2. The molecule has 0 saturated carbocycles. The van der Waals surface area contributed by atoms with Crippen LogP contribution < -0.4 is 10.1 Å². The Morgan fingerprint density at radius 3 is 2.46 bits per heavy atom. The number of benzene rings is 2. The fraction of sp³-hybridized carbons (Fsp3) is 0.333. The number of hydrogen-bond acceptors (Lipinski definition) is 4. The molecule has 0 fully saturated rings. The van der Waals surface area contributed by atoms with Crippen molar-refractivity contribution in [2.75, 3.05) is 19.8 Å². The molecule has 0 aliphatic rings. The van der Waals surface area contributed by atoms with E-state index in [2.05, 4.69) is 5.32 Å². The van der Waals surface area contributed by atoms with Crippen LogP contribution in [0.1, 0.15) is 24.5 Å². The van der Waals surface area contributed by atoms with Crippen molar-refractivity contribution in [2.24, 2.45) is 0 Å². The van der Waals surface area contributed by atoms with E-state index in [-0.39, 0.29) is 18.9 Å². The summed E-state index contributed by atoms with van der Waals surface area (Å²) in [7, 11) is 0.